The van der Waals surface area contributed by atoms with Crippen molar-refractivity contribution in [2.24, 2.45) is 5.73 Å². The van der Waals surface area contributed by atoms with E-state index in [0.717, 1.165) is 6.42 Å². The molecule has 0 aliphatic carbocycles. The van der Waals surface area contributed by atoms with Gasteiger partial charge in [0, 0.05) is 36.9 Å². The van der Waals surface area contributed by atoms with E-state index in [-0.39, 0.29) is 18.0 Å². The van der Waals surface area contributed by atoms with Crippen LogP contribution in [0.2, 0.25) is 0 Å². The van der Waals surface area contributed by atoms with Crippen LogP contribution < -0.4 is 16.4 Å². The maximum atomic E-state index is 12.9. The van der Waals surface area contributed by atoms with Gasteiger partial charge in [-0.05, 0) is 44.0 Å². The number of carbonyl (C=O) groups excluding carboxylic acids is 2. The van der Waals surface area contributed by atoms with Gasteiger partial charge in [-0.25, -0.2) is 4.79 Å². The van der Waals surface area contributed by atoms with E-state index in [1.807, 2.05) is 44.2 Å². The van der Waals surface area contributed by atoms with Crippen LogP contribution in [0.4, 0.5) is 10.5 Å². The second-order valence-electron chi connectivity index (χ2n) is 6.65. The third-order valence-electron chi connectivity index (χ3n) is 3.99. The molecule has 6 nitrogen and oxygen atoms in total. The molecular weight excluding hydrogens is 340 g/mol. The Morgan fingerprint density at radius 1 is 1.04 bits per heavy atom. The van der Waals surface area contributed by atoms with Crippen molar-refractivity contribution in [2.45, 2.75) is 26.3 Å². The van der Waals surface area contributed by atoms with E-state index in [0.29, 0.717) is 30.9 Å². The Kier molecular flexibility index (Phi) is 7.82. The van der Waals surface area contributed by atoms with Crippen LogP contribution in [0.3, 0.4) is 0 Å². The van der Waals surface area contributed by atoms with E-state index in [1.54, 1.807) is 29.2 Å². The van der Waals surface area contributed by atoms with Crippen molar-refractivity contribution < 1.29 is 9.59 Å². The van der Waals surface area contributed by atoms with Gasteiger partial charge in [-0.1, -0.05) is 36.4 Å². The fourth-order valence-electron chi connectivity index (χ4n) is 2.72. The van der Waals surface area contributed by atoms with E-state index in [9.17, 15) is 9.59 Å². The minimum Gasteiger partial charge on any atom is -0.337 e. The third-order valence-corrected chi connectivity index (χ3v) is 3.99. The molecule has 2 aromatic rings. The maximum absolute atomic E-state index is 12.9. The van der Waals surface area contributed by atoms with Crippen LogP contribution in [0.5, 0.6) is 0 Å². The number of rotatable bonds is 8. The number of nitrogens with two attached hydrogens (primary N) is 1. The van der Waals surface area contributed by atoms with Crippen LogP contribution in [-0.4, -0.2) is 42.5 Å². The SMILES string of the molecule is CC(C)NC(=O)Nc1cccc(C(=O)N(CCN)CCc2ccccc2)c1. The zero-order valence-electron chi connectivity index (χ0n) is 15.9. The molecule has 0 aliphatic rings. The molecule has 0 aromatic heterocycles. The highest BCUT2D eigenvalue weighted by molar-refractivity contribution is 5.97. The normalized spacial score (nSPS) is 10.5. The average Bonchev–Trinajstić information content (AvgIpc) is 2.65. The largest absolute Gasteiger partial charge is 0.337 e. The molecule has 6 heteroatoms. The molecule has 0 heterocycles. The fourth-order valence-corrected chi connectivity index (χ4v) is 2.72. The average molecular weight is 368 g/mol. The summed E-state index contributed by atoms with van der Waals surface area (Å²) in [5.74, 6) is -0.0932. The van der Waals surface area contributed by atoms with Gasteiger partial charge in [-0.2, -0.15) is 0 Å². The smallest absolute Gasteiger partial charge is 0.319 e. The van der Waals surface area contributed by atoms with Gasteiger partial charge in [0.25, 0.3) is 5.91 Å². The molecular formula is C21H28N4O2. The van der Waals surface area contributed by atoms with Crippen LogP contribution in [0.15, 0.2) is 54.6 Å². The van der Waals surface area contributed by atoms with E-state index < -0.39 is 0 Å². The number of hydrogen-bond donors (Lipinski definition) is 3. The van der Waals surface area contributed by atoms with Crippen LogP contribution in [0, 0.1) is 0 Å². The van der Waals surface area contributed by atoms with Crippen molar-refractivity contribution in [1.82, 2.24) is 10.2 Å². The highest BCUT2D eigenvalue weighted by Gasteiger charge is 2.16. The first kappa shape index (κ1) is 20.5. The first-order valence-electron chi connectivity index (χ1n) is 9.20. The molecule has 0 atom stereocenters. The number of anilines is 1. The molecule has 4 N–H and O–H groups in total. The lowest BCUT2D eigenvalue weighted by molar-refractivity contribution is 0.0762. The molecule has 0 radical (unpaired) electrons. The Bertz CT molecular complexity index is 747. The number of nitrogens with zero attached hydrogens (tertiary/aromatic N) is 1. The van der Waals surface area contributed by atoms with Crippen molar-refractivity contribution in [3.05, 3.63) is 65.7 Å². The number of amides is 3. The number of nitrogens with one attached hydrogen (secondary N) is 2. The number of hydrogen-bond acceptors (Lipinski definition) is 3. The molecule has 144 valence electrons. The highest BCUT2D eigenvalue weighted by atomic mass is 16.2. The van der Waals surface area contributed by atoms with Gasteiger partial charge in [0.1, 0.15) is 0 Å². The molecule has 0 spiro atoms. The third kappa shape index (κ3) is 6.75. The molecule has 0 unspecified atom stereocenters. The van der Waals surface area contributed by atoms with Gasteiger partial charge in [-0.3, -0.25) is 4.79 Å². The summed E-state index contributed by atoms with van der Waals surface area (Å²) < 4.78 is 0. The summed E-state index contributed by atoms with van der Waals surface area (Å²) in [4.78, 5) is 26.5. The van der Waals surface area contributed by atoms with Crippen LogP contribution >= 0.6 is 0 Å². The van der Waals surface area contributed by atoms with Crippen LogP contribution in [0.1, 0.15) is 29.8 Å². The van der Waals surface area contributed by atoms with Crippen molar-refractivity contribution in [1.29, 1.82) is 0 Å². The quantitative estimate of drug-likeness (QED) is 0.669. The summed E-state index contributed by atoms with van der Waals surface area (Å²) in [6.45, 7) is 5.24. The van der Waals surface area contributed by atoms with E-state index in [2.05, 4.69) is 10.6 Å². The molecule has 2 aromatic carbocycles. The lowest BCUT2D eigenvalue weighted by atomic mass is 10.1. The summed E-state index contributed by atoms with van der Waals surface area (Å²) in [5.41, 5.74) is 7.98. The number of carbonyl (C=O) groups is 2. The Morgan fingerprint density at radius 3 is 2.44 bits per heavy atom. The zero-order chi connectivity index (χ0) is 19.6. The number of benzene rings is 2. The lowest BCUT2D eigenvalue weighted by Gasteiger charge is -2.22. The maximum Gasteiger partial charge on any atom is 0.319 e. The zero-order valence-corrected chi connectivity index (χ0v) is 15.9. The summed E-state index contributed by atoms with van der Waals surface area (Å²) in [6, 6.07) is 16.7. The van der Waals surface area contributed by atoms with Crippen LogP contribution in [-0.2, 0) is 6.42 Å². The number of urea groups is 1. The summed E-state index contributed by atoms with van der Waals surface area (Å²) >= 11 is 0. The first-order chi connectivity index (χ1) is 13.0. The molecule has 0 bridgehead atoms. The van der Waals surface area contributed by atoms with Crippen molar-refractivity contribution >= 4 is 17.6 Å². The molecule has 0 saturated heterocycles. The minimum atomic E-state index is -0.294. The van der Waals surface area contributed by atoms with E-state index in [4.69, 9.17) is 5.73 Å². The Labute approximate surface area is 160 Å². The Hall–Kier alpha value is -2.86. The molecule has 3 amide bonds. The molecule has 2 rings (SSSR count). The fraction of sp³-hybridized carbons (Fsp3) is 0.333. The highest BCUT2D eigenvalue weighted by Crippen LogP contribution is 2.13. The van der Waals surface area contributed by atoms with Crippen molar-refractivity contribution in [2.75, 3.05) is 25.0 Å². The minimum absolute atomic E-state index is 0.0350. The standard InChI is InChI=1S/C21H28N4O2/c1-16(2)23-21(27)24-19-10-6-9-18(15-19)20(26)25(14-12-22)13-11-17-7-4-3-5-8-17/h3-10,15-16H,11-14,22H2,1-2H3,(H2,23,24,27). The summed E-state index contributed by atoms with van der Waals surface area (Å²) in [7, 11) is 0. The molecule has 0 aliphatic heterocycles. The van der Waals surface area contributed by atoms with E-state index >= 15 is 0 Å². The summed E-state index contributed by atoms with van der Waals surface area (Å²) in [5, 5.41) is 5.51. The van der Waals surface area contributed by atoms with Gasteiger partial charge in [0.05, 0.1) is 0 Å². The van der Waals surface area contributed by atoms with Gasteiger partial charge in [0.2, 0.25) is 0 Å². The topological polar surface area (TPSA) is 87.5 Å². The van der Waals surface area contributed by atoms with Gasteiger partial charge >= 0.3 is 6.03 Å². The first-order valence-corrected chi connectivity index (χ1v) is 9.20. The van der Waals surface area contributed by atoms with Crippen molar-refractivity contribution in [3.63, 3.8) is 0 Å². The lowest BCUT2D eigenvalue weighted by Crippen LogP contribution is -2.37. The molecule has 0 saturated carbocycles. The van der Waals surface area contributed by atoms with Gasteiger partial charge < -0.3 is 21.3 Å². The second-order valence-corrected chi connectivity index (χ2v) is 6.65. The Morgan fingerprint density at radius 2 is 1.78 bits per heavy atom. The molecule has 27 heavy (non-hydrogen) atoms. The van der Waals surface area contributed by atoms with E-state index in [1.165, 1.54) is 5.56 Å². The van der Waals surface area contributed by atoms with Gasteiger partial charge in [-0.15, -0.1) is 0 Å². The molecule has 0 fully saturated rings. The van der Waals surface area contributed by atoms with Crippen LogP contribution in [0.25, 0.3) is 0 Å². The summed E-state index contributed by atoms with van der Waals surface area (Å²) in [6.07, 6.45) is 0.765. The second kappa shape index (κ2) is 10.3. The van der Waals surface area contributed by atoms with Crippen molar-refractivity contribution in [3.8, 4) is 0 Å². The predicted octanol–water partition coefficient (Wildman–Crippen LogP) is 2.86. The van der Waals surface area contributed by atoms with Gasteiger partial charge in [0.15, 0.2) is 0 Å². The Balaban J connectivity index is 2.05. The monoisotopic (exact) mass is 368 g/mol. The predicted molar refractivity (Wildman–Crippen MR) is 109 cm³/mol.